The van der Waals surface area contributed by atoms with Gasteiger partial charge >= 0.3 is 0 Å². The fourth-order valence-electron chi connectivity index (χ4n) is 8.51. The summed E-state index contributed by atoms with van der Waals surface area (Å²) in [7, 11) is 0. The van der Waals surface area contributed by atoms with Gasteiger partial charge in [-0.05, 0) is 92.4 Å². The van der Waals surface area contributed by atoms with Crippen molar-refractivity contribution < 1.29 is 15.0 Å². The van der Waals surface area contributed by atoms with Crippen molar-refractivity contribution in [3.63, 3.8) is 0 Å². The third-order valence-corrected chi connectivity index (χ3v) is 10.8. The largest absolute Gasteiger partial charge is 0.393 e. The number of rotatable bonds is 6. The maximum atomic E-state index is 12.1. The van der Waals surface area contributed by atoms with Crippen LogP contribution in [0.3, 0.4) is 0 Å². The lowest BCUT2D eigenvalue weighted by Gasteiger charge is -2.55. The van der Waals surface area contributed by atoms with Crippen LogP contribution in [0.15, 0.2) is 23.3 Å². The van der Waals surface area contributed by atoms with E-state index in [0.717, 1.165) is 37.7 Å². The predicted molar refractivity (Wildman–Crippen MR) is 130 cm³/mol. The van der Waals surface area contributed by atoms with Gasteiger partial charge < -0.3 is 10.2 Å². The Hall–Kier alpha value is -0.930. The predicted octanol–water partition coefficient (Wildman–Crippen LogP) is 6.09. The molecule has 0 unspecified atom stereocenters. The van der Waals surface area contributed by atoms with Crippen LogP contribution in [-0.4, -0.2) is 28.2 Å². The second-order valence-corrected chi connectivity index (χ2v) is 12.4. The number of hydrogen-bond donors (Lipinski definition) is 2. The Morgan fingerprint density at radius 1 is 1.16 bits per heavy atom. The molecule has 4 aliphatic carbocycles. The van der Waals surface area contributed by atoms with Gasteiger partial charge in [-0.1, -0.05) is 58.3 Å². The Balaban J connectivity index is 1.58. The van der Waals surface area contributed by atoms with Crippen LogP contribution in [0, 0.1) is 46.3 Å². The average molecular weight is 443 g/mol. The van der Waals surface area contributed by atoms with E-state index in [1.165, 1.54) is 18.4 Å². The van der Waals surface area contributed by atoms with Crippen molar-refractivity contribution in [2.75, 3.05) is 0 Å². The minimum atomic E-state index is -0.589. The van der Waals surface area contributed by atoms with Gasteiger partial charge in [0.05, 0.1) is 12.2 Å². The summed E-state index contributed by atoms with van der Waals surface area (Å²) in [6.45, 7) is 13.8. The van der Waals surface area contributed by atoms with E-state index in [2.05, 4.69) is 47.6 Å². The van der Waals surface area contributed by atoms with Crippen molar-refractivity contribution in [1.82, 2.24) is 0 Å². The van der Waals surface area contributed by atoms with E-state index < -0.39 is 6.10 Å². The van der Waals surface area contributed by atoms with Crippen LogP contribution >= 0.6 is 0 Å². The van der Waals surface area contributed by atoms with Crippen molar-refractivity contribution in [3.8, 4) is 0 Å². The molecule has 2 saturated carbocycles. The van der Waals surface area contributed by atoms with Crippen molar-refractivity contribution >= 4 is 5.78 Å². The van der Waals surface area contributed by atoms with E-state index in [9.17, 15) is 15.0 Å². The average Bonchev–Trinajstić information content (AvgIpc) is 3.09. The van der Waals surface area contributed by atoms with Crippen LogP contribution in [0.2, 0.25) is 0 Å². The summed E-state index contributed by atoms with van der Waals surface area (Å²) in [6, 6.07) is 0. The van der Waals surface area contributed by atoms with Crippen LogP contribution in [-0.2, 0) is 4.79 Å². The smallest absolute Gasteiger partial charge is 0.158 e. The van der Waals surface area contributed by atoms with E-state index in [0.29, 0.717) is 35.5 Å². The Bertz CT molecular complexity index is 794. The Morgan fingerprint density at radius 3 is 2.53 bits per heavy atom. The number of ketones is 1. The van der Waals surface area contributed by atoms with Gasteiger partial charge in [-0.15, -0.1) is 0 Å². The van der Waals surface area contributed by atoms with Crippen molar-refractivity contribution in [2.24, 2.45) is 46.3 Å². The second-order valence-electron chi connectivity index (χ2n) is 12.4. The number of hydrogen-bond acceptors (Lipinski definition) is 3. The summed E-state index contributed by atoms with van der Waals surface area (Å²) in [6.07, 6.45) is 11.3. The standard InChI is InChI=1S/C29H46O3/c1-7-19(17(2)3)14-26(31)18(4)23-10-11-24-22-9-8-20-15-21(30)16-27(32)29(20,6)25(22)12-13-28(23,24)5/h12,15,17-19,22-24,26-27,31-32H,7-11,13-14,16H2,1-6H3/t18-,19+,22-,23+,24-,26+,27-,28+,29-/m0/s1. The lowest BCUT2D eigenvalue weighted by molar-refractivity contribution is -0.119. The summed E-state index contributed by atoms with van der Waals surface area (Å²) >= 11 is 0. The highest BCUT2D eigenvalue weighted by Crippen LogP contribution is 2.65. The number of fused-ring (bicyclic) bond motifs is 5. The molecule has 9 atom stereocenters. The third kappa shape index (κ3) is 3.66. The Kier molecular flexibility index (Phi) is 6.57. The first-order valence-corrected chi connectivity index (χ1v) is 13.3. The first-order valence-electron chi connectivity index (χ1n) is 13.3. The summed E-state index contributed by atoms with van der Waals surface area (Å²) < 4.78 is 0. The maximum Gasteiger partial charge on any atom is 0.158 e. The molecule has 0 radical (unpaired) electrons. The quantitative estimate of drug-likeness (QED) is 0.489. The SMILES string of the molecule is CC[C@H](C[C@@H](O)[C@@H](C)[C@H]1CC[C@H]2[C@@H]3CCC4=CC(=O)C[C@H](O)[C@]4(C)C3=CC[C@]12C)C(C)C. The van der Waals surface area contributed by atoms with Crippen molar-refractivity contribution in [1.29, 1.82) is 0 Å². The van der Waals surface area contributed by atoms with E-state index >= 15 is 0 Å². The highest BCUT2D eigenvalue weighted by molar-refractivity contribution is 5.92. The summed E-state index contributed by atoms with van der Waals surface area (Å²) in [4.78, 5) is 12.1. The molecule has 0 aliphatic heterocycles. The zero-order chi connectivity index (χ0) is 23.4. The molecular weight excluding hydrogens is 396 g/mol. The zero-order valence-corrected chi connectivity index (χ0v) is 21.2. The van der Waals surface area contributed by atoms with Crippen molar-refractivity contribution in [2.45, 2.75) is 105 Å². The number of carbonyl (C=O) groups excluding carboxylic acids is 1. The van der Waals surface area contributed by atoms with Crippen LogP contribution < -0.4 is 0 Å². The van der Waals surface area contributed by atoms with Gasteiger partial charge in [0.2, 0.25) is 0 Å². The highest BCUT2D eigenvalue weighted by atomic mass is 16.3. The normalized spacial score (nSPS) is 41.8. The second kappa shape index (κ2) is 8.69. The van der Waals surface area contributed by atoms with Gasteiger partial charge in [-0.2, -0.15) is 0 Å². The molecule has 0 spiro atoms. The van der Waals surface area contributed by atoms with Gasteiger partial charge in [0, 0.05) is 11.8 Å². The van der Waals surface area contributed by atoms with Gasteiger partial charge in [-0.25, -0.2) is 0 Å². The molecule has 2 fully saturated rings. The lowest BCUT2D eigenvalue weighted by Crippen LogP contribution is -2.50. The molecule has 3 heteroatoms. The fraction of sp³-hybridized carbons (Fsp3) is 0.828. The van der Waals surface area contributed by atoms with Gasteiger partial charge in [-0.3, -0.25) is 4.79 Å². The maximum absolute atomic E-state index is 12.1. The monoisotopic (exact) mass is 442 g/mol. The molecule has 2 N–H and O–H groups in total. The molecule has 0 aromatic carbocycles. The minimum Gasteiger partial charge on any atom is -0.393 e. The van der Waals surface area contributed by atoms with E-state index in [1.54, 1.807) is 0 Å². The zero-order valence-electron chi connectivity index (χ0n) is 21.2. The van der Waals surface area contributed by atoms with Crippen LogP contribution in [0.1, 0.15) is 92.9 Å². The topological polar surface area (TPSA) is 57.5 Å². The number of aliphatic hydroxyl groups excluding tert-OH is 2. The Labute approximate surface area is 195 Å². The summed E-state index contributed by atoms with van der Waals surface area (Å²) in [5, 5.41) is 22.2. The Morgan fingerprint density at radius 2 is 1.88 bits per heavy atom. The molecule has 0 aromatic rings. The molecule has 0 saturated heterocycles. The molecule has 3 nitrogen and oxygen atoms in total. The molecule has 4 rings (SSSR count). The molecule has 0 aromatic heterocycles. The van der Waals surface area contributed by atoms with Crippen molar-refractivity contribution in [3.05, 3.63) is 23.3 Å². The molecule has 180 valence electrons. The summed E-state index contributed by atoms with van der Waals surface area (Å²) in [5.74, 6) is 3.29. The molecule has 0 bridgehead atoms. The number of carbonyl (C=O) groups is 1. The number of aliphatic hydroxyl groups is 2. The molecule has 0 heterocycles. The van der Waals surface area contributed by atoms with E-state index in [-0.39, 0.29) is 29.1 Å². The molecule has 0 amide bonds. The van der Waals surface area contributed by atoms with E-state index in [4.69, 9.17) is 0 Å². The lowest BCUT2D eigenvalue weighted by atomic mass is 9.50. The minimum absolute atomic E-state index is 0.0835. The van der Waals surface area contributed by atoms with E-state index in [1.807, 2.05) is 6.08 Å². The van der Waals surface area contributed by atoms with Gasteiger partial charge in [0.25, 0.3) is 0 Å². The highest BCUT2D eigenvalue weighted by Gasteiger charge is 2.58. The number of allylic oxidation sites excluding steroid dienone is 2. The first-order chi connectivity index (χ1) is 15.0. The molecule has 32 heavy (non-hydrogen) atoms. The van der Waals surface area contributed by atoms with Crippen LogP contribution in [0.4, 0.5) is 0 Å². The molecular formula is C29H46O3. The fourth-order valence-corrected chi connectivity index (χ4v) is 8.51. The van der Waals surface area contributed by atoms with Crippen LogP contribution in [0.25, 0.3) is 0 Å². The summed E-state index contributed by atoms with van der Waals surface area (Å²) in [5.41, 5.74) is 2.44. The van der Waals surface area contributed by atoms with Gasteiger partial charge in [0.15, 0.2) is 5.78 Å². The first kappa shape index (κ1) is 24.2. The molecule has 4 aliphatic rings. The van der Waals surface area contributed by atoms with Crippen LogP contribution in [0.5, 0.6) is 0 Å². The third-order valence-electron chi connectivity index (χ3n) is 10.8. The van der Waals surface area contributed by atoms with Gasteiger partial charge in [0.1, 0.15) is 0 Å².